The zero-order valence-corrected chi connectivity index (χ0v) is 18.9. The molecule has 2 N–H and O–H groups in total. The maximum atomic E-state index is 5.64. The topological polar surface area (TPSA) is 35.1 Å². The maximum Gasteiger partial charge on any atom is 0.0993 e. The first-order chi connectivity index (χ1) is 13.4. The van der Waals surface area contributed by atoms with Crippen LogP contribution in [0.3, 0.4) is 0 Å². The Bertz CT molecular complexity index is 643. The molecule has 0 aliphatic heterocycles. The molecule has 1 saturated carbocycles. The molecule has 0 amide bonds. The number of quaternary nitrogens is 1. The van der Waals surface area contributed by atoms with E-state index in [1.54, 1.807) is 18.2 Å². The number of ether oxygens (including phenoxy) is 2. The van der Waals surface area contributed by atoms with Gasteiger partial charge in [0.2, 0.25) is 0 Å². The molecule has 0 radical (unpaired) electrons. The number of methoxy groups -OCH3 is 1. The lowest BCUT2D eigenvalue weighted by molar-refractivity contribution is -0.669. The summed E-state index contributed by atoms with van der Waals surface area (Å²) >= 11 is 0. The van der Waals surface area contributed by atoms with Crippen LogP contribution in [-0.2, 0) is 21.3 Å². The van der Waals surface area contributed by atoms with Crippen LogP contribution in [0.1, 0.15) is 76.0 Å². The Kier molecular flexibility index (Phi) is 7.22. The third-order valence-corrected chi connectivity index (χ3v) is 7.68. The number of fused-ring (bicyclic) bond motifs is 3. The number of aryl methyl sites for hydroxylation is 1. The second kappa shape index (κ2) is 9.28. The third kappa shape index (κ3) is 4.47. The predicted molar refractivity (Wildman–Crippen MR) is 116 cm³/mol. The number of nitrogens with two attached hydrogens (primary N) is 1. The summed E-state index contributed by atoms with van der Waals surface area (Å²) in [6.45, 7) is 14.2. The summed E-state index contributed by atoms with van der Waals surface area (Å²) in [7, 11) is 1.72. The normalized spacial score (nSPS) is 29.6. The average molecular weight is 389 g/mol. The summed E-state index contributed by atoms with van der Waals surface area (Å²) in [6, 6.07) is 7.39. The lowest BCUT2D eigenvalue weighted by atomic mass is 9.49. The fraction of sp³-hybridized carbons (Fsp3) is 0.760. The van der Waals surface area contributed by atoms with Gasteiger partial charge >= 0.3 is 0 Å². The minimum absolute atomic E-state index is 0.346. The number of hydrogen-bond acceptors (Lipinski definition) is 2. The summed E-state index contributed by atoms with van der Waals surface area (Å²) in [4.78, 5) is 0. The van der Waals surface area contributed by atoms with E-state index in [0.29, 0.717) is 30.0 Å². The molecule has 0 aromatic heterocycles. The minimum Gasteiger partial charge on any atom is -0.382 e. The van der Waals surface area contributed by atoms with E-state index in [2.05, 4.69) is 51.2 Å². The van der Waals surface area contributed by atoms with Crippen molar-refractivity contribution in [1.29, 1.82) is 0 Å². The fourth-order valence-electron chi connectivity index (χ4n) is 6.09. The van der Waals surface area contributed by atoms with Gasteiger partial charge in [0, 0.05) is 12.5 Å². The van der Waals surface area contributed by atoms with Crippen LogP contribution in [0.25, 0.3) is 0 Å². The molecule has 3 nitrogen and oxygen atoms in total. The van der Waals surface area contributed by atoms with Gasteiger partial charge in [0.05, 0.1) is 32.9 Å². The molecule has 3 atom stereocenters. The van der Waals surface area contributed by atoms with Gasteiger partial charge < -0.3 is 14.8 Å². The number of hydrogen-bond donors (Lipinski definition) is 1. The standard InChI is InChI=1S/C25H41NO2/c1-19(2)20-7-9-22-21(17-20)8-10-23-24(3,11-6-12-25(22,23)4)18-26-13-14-28-16-15-27-5/h7,9,17,19,23,26H,6,8,10-16,18H2,1-5H3/p+1/t23-,24-,25+/m0/s1. The van der Waals surface area contributed by atoms with Gasteiger partial charge in [0.25, 0.3) is 0 Å². The van der Waals surface area contributed by atoms with Gasteiger partial charge in [-0.1, -0.05) is 52.3 Å². The highest BCUT2D eigenvalue weighted by Crippen LogP contribution is 2.56. The van der Waals surface area contributed by atoms with Gasteiger partial charge in [-0.25, -0.2) is 0 Å². The molecule has 1 fully saturated rings. The molecule has 1 aromatic rings. The molecule has 0 bridgehead atoms. The average Bonchev–Trinajstić information content (AvgIpc) is 2.66. The molecule has 1 aromatic carbocycles. The molecule has 2 aliphatic rings. The first kappa shape index (κ1) is 21.8. The Morgan fingerprint density at radius 1 is 1.14 bits per heavy atom. The second-order valence-corrected chi connectivity index (χ2v) is 9.97. The van der Waals surface area contributed by atoms with Crippen molar-refractivity contribution in [3.05, 3.63) is 34.9 Å². The van der Waals surface area contributed by atoms with Crippen LogP contribution >= 0.6 is 0 Å². The highest BCUT2D eigenvalue weighted by molar-refractivity contribution is 5.42. The smallest absolute Gasteiger partial charge is 0.0993 e. The summed E-state index contributed by atoms with van der Waals surface area (Å²) in [5.41, 5.74) is 5.56. The van der Waals surface area contributed by atoms with Crippen molar-refractivity contribution in [2.24, 2.45) is 11.3 Å². The summed E-state index contributed by atoms with van der Waals surface area (Å²) in [5.74, 6) is 1.41. The Morgan fingerprint density at radius 2 is 1.96 bits per heavy atom. The van der Waals surface area contributed by atoms with Crippen molar-refractivity contribution in [3.8, 4) is 0 Å². The van der Waals surface area contributed by atoms with Crippen molar-refractivity contribution < 1.29 is 14.8 Å². The van der Waals surface area contributed by atoms with E-state index in [-0.39, 0.29) is 0 Å². The van der Waals surface area contributed by atoms with Gasteiger partial charge in [-0.05, 0) is 59.6 Å². The van der Waals surface area contributed by atoms with E-state index in [1.807, 2.05) is 0 Å². The molecule has 0 spiro atoms. The molecular weight excluding hydrogens is 346 g/mol. The molecule has 0 heterocycles. The SMILES string of the molecule is COCCOCC[NH2+]C[C@]1(C)CCC[C@]2(C)c3ccc(C(C)C)cc3CC[C@@H]12. The molecule has 0 saturated heterocycles. The summed E-state index contributed by atoms with van der Waals surface area (Å²) < 4.78 is 10.7. The van der Waals surface area contributed by atoms with Crippen LogP contribution in [0.5, 0.6) is 0 Å². The van der Waals surface area contributed by atoms with E-state index in [9.17, 15) is 0 Å². The van der Waals surface area contributed by atoms with E-state index in [4.69, 9.17) is 9.47 Å². The van der Waals surface area contributed by atoms with E-state index >= 15 is 0 Å². The summed E-state index contributed by atoms with van der Waals surface area (Å²) in [5, 5.41) is 2.50. The number of rotatable bonds is 9. The Morgan fingerprint density at radius 3 is 2.71 bits per heavy atom. The van der Waals surface area contributed by atoms with Crippen LogP contribution in [0.2, 0.25) is 0 Å². The van der Waals surface area contributed by atoms with Gasteiger partial charge in [0.1, 0.15) is 0 Å². The molecular formula is C25H42NO2+. The molecule has 158 valence electrons. The summed E-state index contributed by atoms with van der Waals surface area (Å²) in [6.07, 6.45) is 6.67. The Balaban J connectivity index is 1.67. The van der Waals surface area contributed by atoms with Crippen molar-refractivity contribution in [1.82, 2.24) is 0 Å². The zero-order valence-electron chi connectivity index (χ0n) is 18.9. The first-order valence-electron chi connectivity index (χ1n) is 11.4. The van der Waals surface area contributed by atoms with Crippen LogP contribution < -0.4 is 5.32 Å². The second-order valence-electron chi connectivity index (χ2n) is 9.97. The van der Waals surface area contributed by atoms with Crippen LogP contribution in [0.4, 0.5) is 0 Å². The monoisotopic (exact) mass is 388 g/mol. The minimum atomic E-state index is 0.346. The predicted octanol–water partition coefficient (Wildman–Crippen LogP) is 4.05. The van der Waals surface area contributed by atoms with Crippen molar-refractivity contribution in [2.45, 2.75) is 71.1 Å². The lowest BCUT2D eigenvalue weighted by Crippen LogP contribution is -2.88. The van der Waals surface area contributed by atoms with Crippen molar-refractivity contribution >= 4 is 0 Å². The van der Waals surface area contributed by atoms with E-state index in [0.717, 1.165) is 19.1 Å². The fourth-order valence-corrected chi connectivity index (χ4v) is 6.09. The lowest BCUT2D eigenvalue weighted by Gasteiger charge is -2.54. The van der Waals surface area contributed by atoms with Crippen molar-refractivity contribution in [3.63, 3.8) is 0 Å². The highest BCUT2D eigenvalue weighted by Gasteiger charge is 2.52. The van der Waals surface area contributed by atoms with Gasteiger partial charge in [0.15, 0.2) is 0 Å². The largest absolute Gasteiger partial charge is 0.382 e. The highest BCUT2D eigenvalue weighted by atomic mass is 16.5. The van der Waals surface area contributed by atoms with Crippen LogP contribution in [0, 0.1) is 11.3 Å². The number of benzene rings is 1. The molecule has 3 rings (SSSR count). The van der Waals surface area contributed by atoms with Gasteiger partial charge in [-0.3, -0.25) is 0 Å². The Labute approximate surface area is 172 Å². The quantitative estimate of drug-likeness (QED) is 0.648. The van der Waals surface area contributed by atoms with Crippen molar-refractivity contribution in [2.75, 3.05) is 40.0 Å². The maximum absolute atomic E-state index is 5.64. The van der Waals surface area contributed by atoms with E-state index < -0.39 is 0 Å². The molecule has 0 unspecified atom stereocenters. The van der Waals surface area contributed by atoms with Gasteiger partial charge in [-0.2, -0.15) is 0 Å². The molecule has 2 aliphatic carbocycles. The van der Waals surface area contributed by atoms with Crippen LogP contribution in [-0.4, -0.2) is 40.0 Å². The van der Waals surface area contributed by atoms with E-state index in [1.165, 1.54) is 44.2 Å². The van der Waals surface area contributed by atoms with Gasteiger partial charge in [-0.15, -0.1) is 0 Å². The van der Waals surface area contributed by atoms with Crippen LogP contribution in [0.15, 0.2) is 18.2 Å². The molecule has 3 heteroatoms. The third-order valence-electron chi connectivity index (χ3n) is 7.68. The first-order valence-corrected chi connectivity index (χ1v) is 11.4. The Hall–Kier alpha value is -0.900. The molecule has 28 heavy (non-hydrogen) atoms. The zero-order chi connectivity index (χ0) is 20.2.